The van der Waals surface area contributed by atoms with Crippen molar-refractivity contribution in [2.75, 3.05) is 31.6 Å². The van der Waals surface area contributed by atoms with Gasteiger partial charge in [-0.05, 0) is 39.1 Å². The molecule has 0 spiro atoms. The van der Waals surface area contributed by atoms with Gasteiger partial charge in [0, 0.05) is 24.3 Å². The second-order valence-corrected chi connectivity index (χ2v) is 5.65. The third-order valence-electron chi connectivity index (χ3n) is 3.71. The van der Waals surface area contributed by atoms with Gasteiger partial charge in [-0.1, -0.05) is 6.07 Å². The Labute approximate surface area is 108 Å². The van der Waals surface area contributed by atoms with E-state index in [1.165, 1.54) is 6.07 Å². The van der Waals surface area contributed by atoms with Crippen LogP contribution in [0.3, 0.4) is 0 Å². The SMILES string of the molecule is CN1CC(C)(C)N(c2cccc(F)c2)CC1CO. The number of rotatable bonds is 2. The summed E-state index contributed by atoms with van der Waals surface area (Å²) in [6.07, 6.45) is 0. The fourth-order valence-corrected chi connectivity index (χ4v) is 2.72. The summed E-state index contributed by atoms with van der Waals surface area (Å²) in [5.41, 5.74) is 0.806. The maximum atomic E-state index is 13.3. The molecule has 1 heterocycles. The number of likely N-dealkylation sites (N-methyl/N-ethyl adjacent to an activating group) is 1. The fourth-order valence-electron chi connectivity index (χ4n) is 2.72. The van der Waals surface area contributed by atoms with Crippen LogP contribution in [0.4, 0.5) is 10.1 Å². The summed E-state index contributed by atoms with van der Waals surface area (Å²) >= 11 is 0. The molecule has 1 N–H and O–H groups in total. The van der Waals surface area contributed by atoms with E-state index >= 15 is 0 Å². The molecule has 100 valence electrons. The Morgan fingerprint density at radius 1 is 1.44 bits per heavy atom. The van der Waals surface area contributed by atoms with E-state index < -0.39 is 0 Å². The average Bonchev–Trinajstić information content (AvgIpc) is 2.28. The van der Waals surface area contributed by atoms with E-state index in [4.69, 9.17) is 0 Å². The lowest BCUT2D eigenvalue weighted by atomic mass is 9.95. The van der Waals surface area contributed by atoms with Gasteiger partial charge in [-0.2, -0.15) is 0 Å². The van der Waals surface area contributed by atoms with Crippen molar-refractivity contribution in [3.05, 3.63) is 30.1 Å². The van der Waals surface area contributed by atoms with Gasteiger partial charge in [-0.25, -0.2) is 4.39 Å². The van der Waals surface area contributed by atoms with Crippen molar-refractivity contribution in [1.29, 1.82) is 0 Å². The molecule has 1 fully saturated rings. The zero-order valence-electron chi connectivity index (χ0n) is 11.2. The predicted molar refractivity (Wildman–Crippen MR) is 71.3 cm³/mol. The predicted octanol–water partition coefficient (Wildman–Crippen LogP) is 1.72. The van der Waals surface area contributed by atoms with Gasteiger partial charge in [0.2, 0.25) is 0 Å². The number of aliphatic hydroxyl groups is 1. The molecular weight excluding hydrogens is 231 g/mol. The second-order valence-electron chi connectivity index (χ2n) is 5.65. The summed E-state index contributed by atoms with van der Waals surface area (Å²) in [4.78, 5) is 4.34. The van der Waals surface area contributed by atoms with Crippen molar-refractivity contribution in [2.24, 2.45) is 0 Å². The molecule has 1 aliphatic heterocycles. The highest BCUT2D eigenvalue weighted by molar-refractivity contribution is 5.50. The van der Waals surface area contributed by atoms with Crippen LogP contribution in [0, 0.1) is 5.82 Å². The number of hydrogen-bond acceptors (Lipinski definition) is 3. The van der Waals surface area contributed by atoms with E-state index in [0.717, 1.165) is 12.2 Å². The van der Waals surface area contributed by atoms with Crippen molar-refractivity contribution in [2.45, 2.75) is 25.4 Å². The largest absolute Gasteiger partial charge is 0.395 e. The van der Waals surface area contributed by atoms with Crippen LogP contribution in [-0.2, 0) is 0 Å². The number of anilines is 1. The van der Waals surface area contributed by atoms with E-state index in [0.29, 0.717) is 6.54 Å². The van der Waals surface area contributed by atoms with Crippen molar-refractivity contribution in [3.63, 3.8) is 0 Å². The van der Waals surface area contributed by atoms with E-state index in [1.54, 1.807) is 12.1 Å². The topological polar surface area (TPSA) is 26.7 Å². The van der Waals surface area contributed by atoms with Gasteiger partial charge < -0.3 is 10.0 Å². The molecule has 0 radical (unpaired) electrons. The summed E-state index contributed by atoms with van der Waals surface area (Å²) in [6, 6.07) is 6.76. The van der Waals surface area contributed by atoms with E-state index in [1.807, 2.05) is 13.1 Å². The molecule has 18 heavy (non-hydrogen) atoms. The molecule has 0 saturated carbocycles. The van der Waals surface area contributed by atoms with Crippen LogP contribution in [0.2, 0.25) is 0 Å². The number of aliphatic hydroxyl groups excluding tert-OH is 1. The number of hydrogen-bond donors (Lipinski definition) is 1. The molecule has 2 rings (SSSR count). The van der Waals surface area contributed by atoms with Crippen LogP contribution in [-0.4, -0.2) is 48.3 Å². The lowest BCUT2D eigenvalue weighted by Crippen LogP contribution is -2.63. The maximum absolute atomic E-state index is 13.3. The van der Waals surface area contributed by atoms with E-state index in [-0.39, 0.29) is 24.0 Å². The van der Waals surface area contributed by atoms with Gasteiger partial charge in [0.05, 0.1) is 12.6 Å². The van der Waals surface area contributed by atoms with Crippen LogP contribution in [0.5, 0.6) is 0 Å². The highest BCUT2D eigenvalue weighted by atomic mass is 19.1. The summed E-state index contributed by atoms with van der Waals surface area (Å²) in [5.74, 6) is -0.220. The molecule has 1 aromatic carbocycles. The summed E-state index contributed by atoms with van der Waals surface area (Å²) in [6.45, 7) is 5.96. The van der Waals surface area contributed by atoms with Crippen LogP contribution in [0.15, 0.2) is 24.3 Å². The second kappa shape index (κ2) is 4.86. The molecule has 1 aromatic rings. The van der Waals surface area contributed by atoms with Crippen molar-refractivity contribution in [3.8, 4) is 0 Å². The molecule has 0 aromatic heterocycles. The standard InChI is InChI=1S/C14H21FN2O/c1-14(2)10-16(3)13(9-18)8-17(14)12-6-4-5-11(15)7-12/h4-7,13,18H,8-10H2,1-3H3. The third-order valence-corrected chi connectivity index (χ3v) is 3.71. The highest BCUT2D eigenvalue weighted by Crippen LogP contribution is 2.29. The minimum absolute atomic E-state index is 0.0752. The van der Waals surface area contributed by atoms with Crippen LogP contribution >= 0.6 is 0 Å². The molecule has 1 aliphatic rings. The Bertz CT molecular complexity index is 422. The first kappa shape index (κ1) is 13.3. The van der Waals surface area contributed by atoms with E-state index in [9.17, 15) is 9.50 Å². The van der Waals surface area contributed by atoms with Crippen molar-refractivity contribution >= 4 is 5.69 Å². The highest BCUT2D eigenvalue weighted by Gasteiger charge is 2.37. The van der Waals surface area contributed by atoms with Crippen LogP contribution in [0.25, 0.3) is 0 Å². The Hall–Kier alpha value is -1.13. The van der Waals surface area contributed by atoms with Gasteiger partial charge in [-0.15, -0.1) is 0 Å². The first-order valence-corrected chi connectivity index (χ1v) is 6.28. The first-order chi connectivity index (χ1) is 8.44. The lowest BCUT2D eigenvalue weighted by molar-refractivity contribution is 0.0980. The quantitative estimate of drug-likeness (QED) is 0.868. The summed E-state index contributed by atoms with van der Waals surface area (Å²) in [5, 5.41) is 9.41. The Morgan fingerprint density at radius 2 is 2.17 bits per heavy atom. The minimum Gasteiger partial charge on any atom is -0.395 e. The Morgan fingerprint density at radius 3 is 2.78 bits per heavy atom. The summed E-state index contributed by atoms with van der Waals surface area (Å²) < 4.78 is 13.3. The van der Waals surface area contributed by atoms with Crippen molar-refractivity contribution < 1.29 is 9.50 Å². The van der Waals surface area contributed by atoms with Gasteiger partial charge in [0.25, 0.3) is 0 Å². The van der Waals surface area contributed by atoms with Crippen molar-refractivity contribution in [1.82, 2.24) is 4.90 Å². The smallest absolute Gasteiger partial charge is 0.125 e. The average molecular weight is 252 g/mol. The molecule has 1 saturated heterocycles. The van der Waals surface area contributed by atoms with Gasteiger partial charge in [0.15, 0.2) is 0 Å². The number of piperazine rings is 1. The molecule has 1 atom stereocenters. The lowest BCUT2D eigenvalue weighted by Gasteiger charge is -2.51. The van der Waals surface area contributed by atoms with E-state index in [2.05, 4.69) is 23.6 Å². The third kappa shape index (κ3) is 2.49. The van der Waals surface area contributed by atoms with Gasteiger partial charge in [0.1, 0.15) is 5.82 Å². The molecule has 4 heteroatoms. The molecule has 3 nitrogen and oxygen atoms in total. The fraction of sp³-hybridized carbons (Fsp3) is 0.571. The normalized spacial score (nSPS) is 24.3. The minimum atomic E-state index is -0.220. The first-order valence-electron chi connectivity index (χ1n) is 6.28. The molecule has 0 bridgehead atoms. The molecule has 1 unspecified atom stereocenters. The molecule has 0 amide bonds. The number of nitrogens with zero attached hydrogens (tertiary/aromatic N) is 2. The zero-order valence-corrected chi connectivity index (χ0v) is 11.2. The summed E-state index contributed by atoms with van der Waals surface area (Å²) in [7, 11) is 2.02. The molecular formula is C14H21FN2O. The Balaban J connectivity index is 2.30. The number of benzene rings is 1. The van der Waals surface area contributed by atoms with Gasteiger partial charge >= 0.3 is 0 Å². The monoisotopic (exact) mass is 252 g/mol. The molecule has 0 aliphatic carbocycles. The number of halogens is 1. The van der Waals surface area contributed by atoms with Gasteiger partial charge in [-0.3, -0.25) is 4.90 Å². The maximum Gasteiger partial charge on any atom is 0.125 e. The van der Waals surface area contributed by atoms with Crippen LogP contribution < -0.4 is 4.90 Å². The van der Waals surface area contributed by atoms with Crippen LogP contribution in [0.1, 0.15) is 13.8 Å². The Kier molecular flexibility index (Phi) is 3.59. The zero-order chi connectivity index (χ0) is 13.3.